The Bertz CT molecular complexity index is 459. The molecule has 1 heterocycles. The van der Waals surface area contributed by atoms with Gasteiger partial charge in [0, 0.05) is 17.2 Å². The van der Waals surface area contributed by atoms with E-state index in [-0.39, 0.29) is 0 Å². The van der Waals surface area contributed by atoms with Crippen molar-refractivity contribution in [2.75, 3.05) is 30.3 Å². The van der Waals surface area contributed by atoms with Gasteiger partial charge in [-0.2, -0.15) is 0 Å². The maximum atomic E-state index is 11.3. The van der Waals surface area contributed by atoms with Crippen LogP contribution in [-0.2, 0) is 9.84 Å². The molecule has 1 aromatic rings. The highest BCUT2D eigenvalue weighted by Gasteiger charge is 2.27. The number of hydrogen-bond donors (Lipinski definition) is 1. The van der Waals surface area contributed by atoms with Gasteiger partial charge in [0.25, 0.3) is 0 Å². The van der Waals surface area contributed by atoms with E-state index in [0.29, 0.717) is 17.4 Å². The molecule has 1 atom stereocenters. The Hall–Kier alpha value is -0.520. The topological polar surface area (TPSA) is 46.2 Å². The SMILES string of the molecule is O=S1(=O)CCC(CNCCSc2ccccc2)C1. The van der Waals surface area contributed by atoms with Crippen LogP contribution in [0.5, 0.6) is 0 Å². The van der Waals surface area contributed by atoms with Crippen molar-refractivity contribution in [2.24, 2.45) is 5.92 Å². The van der Waals surface area contributed by atoms with E-state index in [1.54, 1.807) is 0 Å². The van der Waals surface area contributed by atoms with Gasteiger partial charge in [-0.25, -0.2) is 8.42 Å². The molecule has 1 saturated heterocycles. The van der Waals surface area contributed by atoms with Crippen LogP contribution in [0.1, 0.15) is 6.42 Å². The zero-order valence-electron chi connectivity index (χ0n) is 10.3. The van der Waals surface area contributed by atoms with Gasteiger partial charge < -0.3 is 5.32 Å². The highest BCUT2D eigenvalue weighted by atomic mass is 32.2. The molecule has 1 unspecified atom stereocenters. The minimum Gasteiger partial charge on any atom is -0.316 e. The first-order valence-electron chi connectivity index (χ1n) is 6.25. The molecule has 18 heavy (non-hydrogen) atoms. The molecule has 1 aliphatic heterocycles. The molecule has 0 spiro atoms. The predicted octanol–water partition coefficient (Wildman–Crippen LogP) is 1.80. The van der Waals surface area contributed by atoms with Gasteiger partial charge in [0.05, 0.1) is 11.5 Å². The minimum absolute atomic E-state index is 0.316. The highest BCUT2D eigenvalue weighted by Crippen LogP contribution is 2.18. The van der Waals surface area contributed by atoms with E-state index >= 15 is 0 Å². The summed E-state index contributed by atoms with van der Waals surface area (Å²) < 4.78 is 22.6. The lowest BCUT2D eigenvalue weighted by Crippen LogP contribution is -2.25. The summed E-state index contributed by atoms with van der Waals surface area (Å²) in [5.41, 5.74) is 0. The van der Waals surface area contributed by atoms with Crippen LogP contribution >= 0.6 is 11.8 Å². The van der Waals surface area contributed by atoms with Gasteiger partial charge in [-0.1, -0.05) is 18.2 Å². The molecule has 1 fully saturated rings. The molecule has 0 aromatic heterocycles. The lowest BCUT2D eigenvalue weighted by Gasteiger charge is -2.09. The van der Waals surface area contributed by atoms with Gasteiger partial charge in [-0.3, -0.25) is 0 Å². The van der Waals surface area contributed by atoms with E-state index in [1.165, 1.54) is 4.90 Å². The van der Waals surface area contributed by atoms with Crippen molar-refractivity contribution < 1.29 is 8.42 Å². The van der Waals surface area contributed by atoms with Crippen molar-refractivity contribution in [3.63, 3.8) is 0 Å². The molecule has 0 aliphatic carbocycles. The van der Waals surface area contributed by atoms with Crippen LogP contribution in [0.25, 0.3) is 0 Å². The number of benzene rings is 1. The van der Waals surface area contributed by atoms with Gasteiger partial charge in [0.1, 0.15) is 0 Å². The van der Waals surface area contributed by atoms with Gasteiger partial charge in [0.2, 0.25) is 0 Å². The Labute approximate surface area is 113 Å². The molecule has 1 aliphatic rings. The average Bonchev–Trinajstić information content (AvgIpc) is 2.70. The summed E-state index contributed by atoms with van der Waals surface area (Å²) in [5, 5.41) is 3.35. The van der Waals surface area contributed by atoms with E-state index in [0.717, 1.165) is 25.3 Å². The second kappa shape index (κ2) is 6.59. The molecule has 100 valence electrons. The van der Waals surface area contributed by atoms with E-state index in [2.05, 4.69) is 17.4 Å². The third kappa shape index (κ3) is 4.63. The number of nitrogens with one attached hydrogen (secondary N) is 1. The summed E-state index contributed by atoms with van der Waals surface area (Å²) in [7, 11) is -2.73. The average molecular weight is 285 g/mol. The van der Waals surface area contributed by atoms with Gasteiger partial charge in [0.15, 0.2) is 9.84 Å². The predicted molar refractivity (Wildman–Crippen MR) is 76.8 cm³/mol. The number of thioether (sulfide) groups is 1. The van der Waals surface area contributed by atoms with E-state index in [4.69, 9.17) is 0 Å². The largest absolute Gasteiger partial charge is 0.316 e. The van der Waals surface area contributed by atoms with Crippen LogP contribution in [-0.4, -0.2) is 38.8 Å². The minimum atomic E-state index is -2.73. The first kappa shape index (κ1) is 13.9. The summed E-state index contributed by atoms with van der Waals surface area (Å²) in [5.74, 6) is 2.07. The molecule has 2 rings (SSSR count). The summed E-state index contributed by atoms with van der Waals surface area (Å²) in [4.78, 5) is 1.28. The monoisotopic (exact) mass is 285 g/mol. The molecule has 1 N–H and O–H groups in total. The quantitative estimate of drug-likeness (QED) is 0.639. The molecule has 0 saturated carbocycles. The Morgan fingerprint density at radius 2 is 2.06 bits per heavy atom. The summed E-state index contributed by atoms with van der Waals surface area (Å²) >= 11 is 1.82. The fourth-order valence-electron chi connectivity index (χ4n) is 2.10. The van der Waals surface area contributed by atoms with Crippen LogP contribution < -0.4 is 5.32 Å². The Balaban J connectivity index is 1.57. The van der Waals surface area contributed by atoms with Crippen LogP contribution in [0.2, 0.25) is 0 Å². The van der Waals surface area contributed by atoms with Crippen molar-refractivity contribution in [3.05, 3.63) is 30.3 Å². The zero-order chi connectivity index (χ0) is 12.8. The summed E-state index contributed by atoms with van der Waals surface area (Å²) in [6, 6.07) is 10.3. The van der Waals surface area contributed by atoms with Crippen LogP contribution in [0.15, 0.2) is 35.2 Å². The van der Waals surface area contributed by atoms with Gasteiger partial charge in [-0.15, -0.1) is 11.8 Å². The van der Waals surface area contributed by atoms with Crippen molar-refractivity contribution in [2.45, 2.75) is 11.3 Å². The molecular formula is C13H19NO2S2. The van der Waals surface area contributed by atoms with Crippen molar-refractivity contribution in [3.8, 4) is 0 Å². The van der Waals surface area contributed by atoms with E-state index in [1.807, 2.05) is 30.0 Å². The fraction of sp³-hybridized carbons (Fsp3) is 0.538. The number of sulfone groups is 1. The number of hydrogen-bond acceptors (Lipinski definition) is 4. The van der Waals surface area contributed by atoms with Crippen LogP contribution in [0.3, 0.4) is 0 Å². The smallest absolute Gasteiger partial charge is 0.150 e. The normalized spacial score (nSPS) is 22.1. The third-order valence-corrected chi connectivity index (χ3v) is 5.90. The maximum Gasteiger partial charge on any atom is 0.150 e. The van der Waals surface area contributed by atoms with Crippen LogP contribution in [0, 0.1) is 5.92 Å². The maximum absolute atomic E-state index is 11.3. The van der Waals surface area contributed by atoms with Crippen molar-refractivity contribution >= 4 is 21.6 Å². The van der Waals surface area contributed by atoms with E-state index in [9.17, 15) is 8.42 Å². The third-order valence-electron chi connectivity index (χ3n) is 3.05. The first-order valence-corrected chi connectivity index (χ1v) is 9.05. The summed E-state index contributed by atoms with van der Waals surface area (Å²) in [6.45, 7) is 1.75. The molecular weight excluding hydrogens is 266 g/mol. The molecule has 0 amide bonds. The van der Waals surface area contributed by atoms with E-state index < -0.39 is 9.84 Å². The lowest BCUT2D eigenvalue weighted by molar-refractivity contribution is 0.533. The molecule has 0 radical (unpaired) electrons. The summed E-state index contributed by atoms with van der Waals surface area (Å²) in [6.07, 6.45) is 0.821. The van der Waals surface area contributed by atoms with Gasteiger partial charge in [-0.05, 0) is 31.0 Å². The van der Waals surface area contributed by atoms with Crippen molar-refractivity contribution in [1.82, 2.24) is 5.32 Å². The standard InChI is InChI=1S/C13H19NO2S2/c15-18(16)9-6-12(11-18)10-14-7-8-17-13-4-2-1-3-5-13/h1-5,12,14H,6-11H2. The van der Waals surface area contributed by atoms with Crippen molar-refractivity contribution in [1.29, 1.82) is 0 Å². The first-order chi connectivity index (χ1) is 8.66. The second-order valence-corrected chi connectivity index (χ2v) is 8.03. The second-order valence-electron chi connectivity index (χ2n) is 4.63. The zero-order valence-corrected chi connectivity index (χ0v) is 12.0. The molecule has 3 nitrogen and oxygen atoms in total. The molecule has 1 aromatic carbocycles. The highest BCUT2D eigenvalue weighted by molar-refractivity contribution is 7.99. The van der Waals surface area contributed by atoms with Gasteiger partial charge >= 0.3 is 0 Å². The fourth-order valence-corrected chi connectivity index (χ4v) is 4.79. The Morgan fingerprint density at radius 3 is 2.72 bits per heavy atom. The lowest BCUT2D eigenvalue weighted by atomic mass is 10.1. The van der Waals surface area contributed by atoms with Crippen LogP contribution in [0.4, 0.5) is 0 Å². The Kier molecular flexibility index (Phi) is 5.09. The number of rotatable bonds is 6. The Morgan fingerprint density at radius 1 is 1.28 bits per heavy atom. The molecule has 5 heteroatoms. The molecule has 0 bridgehead atoms.